The molecule has 1 heterocycles. The van der Waals surface area contributed by atoms with Gasteiger partial charge in [0.1, 0.15) is 0 Å². The van der Waals surface area contributed by atoms with Crippen molar-refractivity contribution in [2.45, 2.75) is 42.9 Å². The number of amides is 1. The lowest BCUT2D eigenvalue weighted by Gasteiger charge is -2.11. The van der Waals surface area contributed by atoms with Crippen LogP contribution < -0.4 is 10.6 Å². The summed E-state index contributed by atoms with van der Waals surface area (Å²) in [4.78, 5) is 13.2. The van der Waals surface area contributed by atoms with E-state index >= 15 is 0 Å². The van der Waals surface area contributed by atoms with E-state index in [1.165, 1.54) is 11.3 Å². The molecule has 1 saturated heterocycles. The van der Waals surface area contributed by atoms with E-state index in [2.05, 4.69) is 24.5 Å². The van der Waals surface area contributed by atoms with Gasteiger partial charge < -0.3 is 10.6 Å². The number of nitrogens with one attached hydrogen (secondary N) is 2. The molecule has 2 N–H and O–H groups in total. The minimum absolute atomic E-state index is 0. The molecule has 1 aliphatic rings. The van der Waals surface area contributed by atoms with E-state index in [-0.39, 0.29) is 18.3 Å². The molecule has 1 amide bonds. The zero-order chi connectivity index (χ0) is 13.7. The summed E-state index contributed by atoms with van der Waals surface area (Å²) in [5.74, 6) is 0.0230. The van der Waals surface area contributed by atoms with Gasteiger partial charge in [0.15, 0.2) is 0 Å². The Morgan fingerprint density at radius 3 is 2.65 bits per heavy atom. The van der Waals surface area contributed by atoms with Crippen molar-refractivity contribution in [3.05, 3.63) is 29.8 Å². The lowest BCUT2D eigenvalue weighted by Crippen LogP contribution is -2.37. The zero-order valence-corrected chi connectivity index (χ0v) is 13.7. The van der Waals surface area contributed by atoms with Crippen molar-refractivity contribution < 1.29 is 4.79 Å². The summed E-state index contributed by atoms with van der Waals surface area (Å²) in [6, 6.07) is 8.30. The first-order valence-electron chi connectivity index (χ1n) is 6.93. The van der Waals surface area contributed by atoms with Crippen LogP contribution in [0.25, 0.3) is 0 Å². The average molecular weight is 315 g/mol. The minimum atomic E-state index is 0. The van der Waals surface area contributed by atoms with Crippen LogP contribution in [0.3, 0.4) is 0 Å². The van der Waals surface area contributed by atoms with Crippen LogP contribution in [0.5, 0.6) is 0 Å². The molecule has 112 valence electrons. The van der Waals surface area contributed by atoms with Crippen molar-refractivity contribution in [2.75, 3.05) is 13.1 Å². The van der Waals surface area contributed by atoms with E-state index in [4.69, 9.17) is 0 Å². The minimum Gasteiger partial charge on any atom is -0.350 e. The van der Waals surface area contributed by atoms with E-state index in [0.717, 1.165) is 25.1 Å². The Labute approximate surface area is 131 Å². The molecule has 5 heteroatoms. The number of benzene rings is 1. The summed E-state index contributed by atoms with van der Waals surface area (Å²) < 4.78 is 0. The quantitative estimate of drug-likeness (QED) is 0.821. The number of carbonyl (C=O) groups excluding carboxylic acids is 1. The normalized spacial score (nSPS) is 17.9. The van der Waals surface area contributed by atoms with Gasteiger partial charge >= 0.3 is 0 Å². The summed E-state index contributed by atoms with van der Waals surface area (Å²) in [6.45, 7) is 6.13. The van der Waals surface area contributed by atoms with Crippen LogP contribution in [0.2, 0.25) is 0 Å². The number of carbonyl (C=O) groups is 1. The first-order valence-corrected chi connectivity index (χ1v) is 7.81. The highest BCUT2D eigenvalue weighted by Crippen LogP contribution is 2.22. The third-order valence-corrected chi connectivity index (χ3v) is 4.18. The Hall–Kier alpha value is -0.710. The average Bonchev–Trinajstić information content (AvgIpc) is 2.89. The van der Waals surface area contributed by atoms with Gasteiger partial charge in [-0.05, 0) is 43.7 Å². The standard InChI is InChI=1S/C15H22N2OS.ClH/c1-11(2)19-14-7-5-12(6-8-14)15(18)17-10-13-4-3-9-16-13;/h5-8,11,13,16H,3-4,9-10H2,1-2H3,(H,17,18);1H. The maximum atomic E-state index is 12.0. The lowest BCUT2D eigenvalue weighted by molar-refractivity contribution is 0.0950. The molecule has 0 bridgehead atoms. The Morgan fingerprint density at radius 1 is 1.40 bits per heavy atom. The van der Waals surface area contributed by atoms with Crippen molar-refractivity contribution in [2.24, 2.45) is 0 Å². The fourth-order valence-corrected chi connectivity index (χ4v) is 3.04. The summed E-state index contributed by atoms with van der Waals surface area (Å²) in [6.07, 6.45) is 2.37. The molecule has 1 aliphatic heterocycles. The maximum absolute atomic E-state index is 12.0. The first-order chi connectivity index (χ1) is 9.15. The Morgan fingerprint density at radius 2 is 2.10 bits per heavy atom. The molecule has 2 rings (SSSR count). The van der Waals surface area contributed by atoms with Gasteiger partial charge in [-0.1, -0.05) is 13.8 Å². The molecule has 0 aromatic heterocycles. The maximum Gasteiger partial charge on any atom is 0.251 e. The zero-order valence-electron chi connectivity index (χ0n) is 12.0. The van der Waals surface area contributed by atoms with Crippen LogP contribution in [0.1, 0.15) is 37.0 Å². The number of hydrogen-bond donors (Lipinski definition) is 2. The molecular formula is C15H23ClN2OS. The molecule has 0 aliphatic carbocycles. The van der Waals surface area contributed by atoms with Gasteiger partial charge in [-0.15, -0.1) is 24.2 Å². The van der Waals surface area contributed by atoms with Crippen LogP contribution in [-0.4, -0.2) is 30.3 Å². The molecule has 0 spiro atoms. The van der Waals surface area contributed by atoms with Crippen molar-refractivity contribution in [3.63, 3.8) is 0 Å². The highest BCUT2D eigenvalue weighted by atomic mass is 35.5. The van der Waals surface area contributed by atoms with E-state index < -0.39 is 0 Å². The van der Waals surface area contributed by atoms with Gasteiger partial charge in [-0.3, -0.25) is 4.79 Å². The monoisotopic (exact) mass is 314 g/mol. The molecule has 1 aromatic rings. The number of thioether (sulfide) groups is 1. The molecule has 1 aromatic carbocycles. The van der Waals surface area contributed by atoms with Gasteiger partial charge in [0.2, 0.25) is 0 Å². The van der Waals surface area contributed by atoms with Gasteiger partial charge in [0.25, 0.3) is 5.91 Å². The number of hydrogen-bond acceptors (Lipinski definition) is 3. The summed E-state index contributed by atoms with van der Waals surface area (Å²) >= 11 is 1.81. The Bertz CT molecular complexity index is 416. The predicted molar refractivity (Wildman–Crippen MR) is 88.0 cm³/mol. The van der Waals surface area contributed by atoms with Crippen LogP contribution >= 0.6 is 24.2 Å². The summed E-state index contributed by atoms with van der Waals surface area (Å²) in [5.41, 5.74) is 0.742. The van der Waals surface area contributed by atoms with Crippen molar-refractivity contribution >= 4 is 30.1 Å². The summed E-state index contributed by atoms with van der Waals surface area (Å²) in [7, 11) is 0. The molecule has 1 unspecified atom stereocenters. The SMILES string of the molecule is CC(C)Sc1ccc(C(=O)NCC2CCCN2)cc1.Cl. The van der Waals surface area contributed by atoms with Crippen LogP contribution in [0, 0.1) is 0 Å². The molecule has 1 fully saturated rings. The van der Waals surface area contributed by atoms with E-state index in [0.29, 0.717) is 11.3 Å². The third-order valence-electron chi connectivity index (χ3n) is 3.16. The second kappa shape index (κ2) is 8.55. The van der Waals surface area contributed by atoms with Crippen LogP contribution in [0.4, 0.5) is 0 Å². The van der Waals surface area contributed by atoms with Gasteiger partial charge in [0.05, 0.1) is 0 Å². The first kappa shape index (κ1) is 17.3. The van der Waals surface area contributed by atoms with Gasteiger partial charge in [0, 0.05) is 28.3 Å². The van der Waals surface area contributed by atoms with Crippen molar-refractivity contribution in [1.29, 1.82) is 0 Å². The van der Waals surface area contributed by atoms with E-state index in [1.54, 1.807) is 0 Å². The topological polar surface area (TPSA) is 41.1 Å². The molecular weight excluding hydrogens is 292 g/mol. The van der Waals surface area contributed by atoms with E-state index in [1.807, 2.05) is 36.0 Å². The van der Waals surface area contributed by atoms with Crippen LogP contribution in [0.15, 0.2) is 29.2 Å². The van der Waals surface area contributed by atoms with E-state index in [9.17, 15) is 4.79 Å². The highest BCUT2D eigenvalue weighted by molar-refractivity contribution is 7.99. The number of rotatable bonds is 5. The van der Waals surface area contributed by atoms with Gasteiger partial charge in [-0.2, -0.15) is 0 Å². The van der Waals surface area contributed by atoms with Crippen molar-refractivity contribution in [3.8, 4) is 0 Å². The fourth-order valence-electron chi connectivity index (χ4n) is 2.21. The van der Waals surface area contributed by atoms with Gasteiger partial charge in [-0.25, -0.2) is 0 Å². The fraction of sp³-hybridized carbons (Fsp3) is 0.533. The smallest absolute Gasteiger partial charge is 0.251 e. The molecule has 20 heavy (non-hydrogen) atoms. The second-order valence-corrected chi connectivity index (χ2v) is 6.84. The molecule has 0 saturated carbocycles. The predicted octanol–water partition coefficient (Wildman–Crippen LogP) is 3.09. The highest BCUT2D eigenvalue weighted by Gasteiger charge is 2.15. The van der Waals surface area contributed by atoms with Crippen molar-refractivity contribution in [1.82, 2.24) is 10.6 Å². The lowest BCUT2D eigenvalue weighted by atomic mass is 10.2. The van der Waals surface area contributed by atoms with Crippen LogP contribution in [-0.2, 0) is 0 Å². The Kier molecular flexibility index (Phi) is 7.41. The second-order valence-electron chi connectivity index (χ2n) is 5.19. The number of halogens is 1. The molecule has 3 nitrogen and oxygen atoms in total. The molecule has 1 atom stereocenters. The summed E-state index contributed by atoms with van der Waals surface area (Å²) in [5, 5.41) is 6.93. The Balaban J connectivity index is 0.00000200. The molecule has 0 radical (unpaired) electrons. The third kappa shape index (κ3) is 5.35. The largest absolute Gasteiger partial charge is 0.350 e.